The van der Waals surface area contributed by atoms with Crippen LogP contribution in [0.5, 0.6) is 5.75 Å². The molecule has 1 atom stereocenters. The zero-order valence-electron chi connectivity index (χ0n) is 8.57. The lowest BCUT2D eigenvalue weighted by atomic mass is 10.1. The fourth-order valence-corrected chi connectivity index (χ4v) is 1.17. The third-order valence-corrected chi connectivity index (χ3v) is 2.04. The summed E-state index contributed by atoms with van der Waals surface area (Å²) in [6.45, 7) is 3.30. The first-order valence-electron chi connectivity index (χ1n) is 4.96. The van der Waals surface area contributed by atoms with Crippen molar-refractivity contribution in [3.63, 3.8) is 0 Å². The van der Waals surface area contributed by atoms with Gasteiger partial charge in [0.2, 0.25) is 0 Å². The van der Waals surface area contributed by atoms with E-state index < -0.39 is 0 Å². The van der Waals surface area contributed by atoms with Gasteiger partial charge in [0.15, 0.2) is 0 Å². The minimum atomic E-state index is -0.0739. The average molecular weight is 194 g/mol. The highest BCUT2D eigenvalue weighted by molar-refractivity contribution is 5.29. The van der Waals surface area contributed by atoms with Crippen LogP contribution in [-0.4, -0.2) is 13.2 Å². The Morgan fingerprint density at radius 3 is 2.43 bits per heavy atom. The van der Waals surface area contributed by atoms with Crippen molar-refractivity contribution in [3.8, 4) is 5.75 Å². The van der Waals surface area contributed by atoms with E-state index in [2.05, 4.69) is 6.92 Å². The van der Waals surface area contributed by atoms with Crippen molar-refractivity contribution in [1.29, 1.82) is 0 Å². The quantitative estimate of drug-likeness (QED) is 0.745. The Labute approximate surface area is 85.0 Å². The lowest BCUT2D eigenvalue weighted by Crippen LogP contribution is -2.20. The van der Waals surface area contributed by atoms with Gasteiger partial charge in [-0.15, -0.1) is 0 Å². The Bertz CT molecular complexity index is 258. The largest absolute Gasteiger partial charge is 0.494 e. The van der Waals surface area contributed by atoms with Gasteiger partial charge in [-0.1, -0.05) is 19.1 Å². The molecule has 14 heavy (non-hydrogen) atoms. The van der Waals surface area contributed by atoms with Crippen molar-refractivity contribution in [3.05, 3.63) is 29.8 Å². The predicted octanol–water partition coefficient (Wildman–Crippen LogP) is 1.43. The van der Waals surface area contributed by atoms with E-state index >= 15 is 0 Å². The summed E-state index contributed by atoms with van der Waals surface area (Å²) in [5.74, 6) is 0.889. The fraction of sp³-hybridized carbons (Fsp3) is 0.455. The van der Waals surface area contributed by atoms with Crippen LogP contribution in [0.4, 0.5) is 0 Å². The molecule has 0 fully saturated rings. The van der Waals surface area contributed by atoms with E-state index in [4.69, 9.17) is 16.2 Å². The summed E-state index contributed by atoms with van der Waals surface area (Å²) in [5.41, 5.74) is 12.3. The summed E-state index contributed by atoms with van der Waals surface area (Å²) < 4.78 is 5.45. The summed E-state index contributed by atoms with van der Waals surface area (Å²) in [7, 11) is 0. The molecule has 0 heterocycles. The van der Waals surface area contributed by atoms with Crippen molar-refractivity contribution in [2.45, 2.75) is 19.4 Å². The van der Waals surface area contributed by atoms with E-state index in [0.29, 0.717) is 6.54 Å². The molecule has 3 nitrogen and oxygen atoms in total. The third-order valence-electron chi connectivity index (χ3n) is 2.04. The highest BCUT2D eigenvalue weighted by atomic mass is 16.5. The van der Waals surface area contributed by atoms with Crippen molar-refractivity contribution >= 4 is 0 Å². The molecule has 0 aliphatic rings. The van der Waals surface area contributed by atoms with Crippen LogP contribution in [-0.2, 0) is 0 Å². The van der Waals surface area contributed by atoms with Crippen LogP contribution in [0.2, 0.25) is 0 Å². The number of hydrogen-bond acceptors (Lipinski definition) is 3. The van der Waals surface area contributed by atoms with Gasteiger partial charge in [0.1, 0.15) is 5.75 Å². The molecular formula is C11H18N2O. The van der Waals surface area contributed by atoms with E-state index in [1.165, 1.54) is 0 Å². The Balaban J connectivity index is 2.59. The van der Waals surface area contributed by atoms with Crippen LogP contribution in [0.15, 0.2) is 24.3 Å². The molecule has 1 aromatic rings. The van der Waals surface area contributed by atoms with Crippen LogP contribution < -0.4 is 16.2 Å². The van der Waals surface area contributed by atoms with E-state index in [-0.39, 0.29) is 6.04 Å². The highest BCUT2D eigenvalue weighted by Crippen LogP contribution is 2.15. The molecule has 0 bridgehead atoms. The van der Waals surface area contributed by atoms with Gasteiger partial charge >= 0.3 is 0 Å². The number of benzene rings is 1. The SMILES string of the molecule is CCCOc1ccc([C@H](N)CN)cc1. The van der Waals surface area contributed by atoms with Gasteiger partial charge in [-0.05, 0) is 24.1 Å². The number of hydrogen-bond donors (Lipinski definition) is 2. The van der Waals surface area contributed by atoms with Gasteiger partial charge in [-0.25, -0.2) is 0 Å². The van der Waals surface area contributed by atoms with Crippen molar-refractivity contribution < 1.29 is 4.74 Å². The van der Waals surface area contributed by atoms with Gasteiger partial charge in [-0.3, -0.25) is 0 Å². The second-order valence-corrected chi connectivity index (χ2v) is 3.26. The van der Waals surface area contributed by atoms with Crippen LogP contribution in [0.1, 0.15) is 24.9 Å². The van der Waals surface area contributed by atoms with Gasteiger partial charge in [0.25, 0.3) is 0 Å². The van der Waals surface area contributed by atoms with E-state index in [0.717, 1.165) is 24.3 Å². The molecule has 3 heteroatoms. The molecule has 0 saturated carbocycles. The lowest BCUT2D eigenvalue weighted by Gasteiger charge is -2.10. The molecule has 0 unspecified atom stereocenters. The Morgan fingerprint density at radius 1 is 1.29 bits per heavy atom. The maximum atomic E-state index is 5.78. The van der Waals surface area contributed by atoms with Crippen LogP contribution in [0, 0.1) is 0 Å². The molecule has 78 valence electrons. The molecule has 1 rings (SSSR count). The molecule has 4 N–H and O–H groups in total. The van der Waals surface area contributed by atoms with Crippen molar-refractivity contribution in [1.82, 2.24) is 0 Å². The van der Waals surface area contributed by atoms with E-state index in [9.17, 15) is 0 Å². The van der Waals surface area contributed by atoms with Crippen molar-refractivity contribution in [2.75, 3.05) is 13.2 Å². The summed E-state index contributed by atoms with van der Waals surface area (Å²) in [5, 5.41) is 0. The van der Waals surface area contributed by atoms with Gasteiger partial charge in [-0.2, -0.15) is 0 Å². The molecule has 0 spiro atoms. The minimum Gasteiger partial charge on any atom is -0.494 e. The average Bonchev–Trinajstić information content (AvgIpc) is 2.26. The van der Waals surface area contributed by atoms with E-state index in [1.54, 1.807) is 0 Å². The van der Waals surface area contributed by atoms with Gasteiger partial charge in [0.05, 0.1) is 6.61 Å². The maximum absolute atomic E-state index is 5.78. The van der Waals surface area contributed by atoms with Crippen LogP contribution in [0.25, 0.3) is 0 Å². The van der Waals surface area contributed by atoms with E-state index in [1.807, 2.05) is 24.3 Å². The summed E-state index contributed by atoms with van der Waals surface area (Å²) in [6.07, 6.45) is 1.02. The number of nitrogens with two attached hydrogens (primary N) is 2. The summed E-state index contributed by atoms with van der Waals surface area (Å²) in [4.78, 5) is 0. The Hall–Kier alpha value is -1.06. The van der Waals surface area contributed by atoms with Gasteiger partial charge in [0, 0.05) is 12.6 Å². The molecule has 0 aliphatic heterocycles. The molecule has 0 amide bonds. The summed E-state index contributed by atoms with van der Waals surface area (Å²) >= 11 is 0. The standard InChI is InChI=1S/C11H18N2O/c1-2-7-14-10-5-3-9(4-6-10)11(13)8-12/h3-6,11H,2,7-8,12-13H2,1H3/t11-/m1/s1. The smallest absolute Gasteiger partial charge is 0.119 e. The molecule has 0 saturated heterocycles. The molecule has 1 aromatic carbocycles. The topological polar surface area (TPSA) is 61.3 Å². The third kappa shape index (κ3) is 3.01. The van der Waals surface area contributed by atoms with Crippen molar-refractivity contribution in [2.24, 2.45) is 11.5 Å². The first-order valence-corrected chi connectivity index (χ1v) is 4.96. The molecule has 0 radical (unpaired) electrons. The second-order valence-electron chi connectivity index (χ2n) is 3.26. The predicted molar refractivity (Wildman–Crippen MR) is 58.2 cm³/mol. The Morgan fingerprint density at radius 2 is 1.93 bits per heavy atom. The van der Waals surface area contributed by atoms with Gasteiger partial charge < -0.3 is 16.2 Å². The Kier molecular flexibility index (Phi) is 4.43. The van der Waals surface area contributed by atoms with Crippen LogP contribution in [0.3, 0.4) is 0 Å². The zero-order valence-corrected chi connectivity index (χ0v) is 8.57. The van der Waals surface area contributed by atoms with Crippen LogP contribution >= 0.6 is 0 Å². The minimum absolute atomic E-state index is 0.0739. The fourth-order valence-electron chi connectivity index (χ4n) is 1.17. The normalized spacial score (nSPS) is 12.5. The first kappa shape index (κ1) is 11.0. The molecular weight excluding hydrogens is 176 g/mol. The maximum Gasteiger partial charge on any atom is 0.119 e. The number of rotatable bonds is 5. The summed E-state index contributed by atoms with van der Waals surface area (Å²) in [6, 6.07) is 7.71. The molecule has 0 aliphatic carbocycles. The lowest BCUT2D eigenvalue weighted by molar-refractivity contribution is 0.317. The first-order chi connectivity index (χ1) is 6.77. The highest BCUT2D eigenvalue weighted by Gasteiger charge is 2.02. The molecule has 0 aromatic heterocycles. The zero-order chi connectivity index (χ0) is 10.4. The monoisotopic (exact) mass is 194 g/mol. The number of ether oxygens (including phenoxy) is 1. The second kappa shape index (κ2) is 5.62.